The fraction of sp³-hybridized carbons (Fsp3) is 0.222. The van der Waals surface area contributed by atoms with Gasteiger partial charge in [0.25, 0.3) is 0 Å². The first kappa shape index (κ1) is 15.7. The van der Waals surface area contributed by atoms with Crippen molar-refractivity contribution in [3.05, 3.63) is 64.7 Å². The van der Waals surface area contributed by atoms with Gasteiger partial charge in [-0.05, 0) is 25.1 Å². The third-order valence-electron chi connectivity index (χ3n) is 3.86. The van der Waals surface area contributed by atoms with Crippen molar-refractivity contribution >= 4 is 28.8 Å². The standard InChI is InChI=1S/C18H18ClN3O/c1-12(23)22(2)17-11-20-18(13-6-4-3-5-7-13)15-10-14(19)8-9-16(15)21-17/h3-10,12,23H,11H2,1-2H3. The van der Waals surface area contributed by atoms with E-state index in [0.29, 0.717) is 11.6 Å². The van der Waals surface area contributed by atoms with Crippen molar-refractivity contribution in [2.24, 2.45) is 9.98 Å². The highest BCUT2D eigenvalue weighted by Gasteiger charge is 2.19. The quantitative estimate of drug-likeness (QED) is 0.858. The summed E-state index contributed by atoms with van der Waals surface area (Å²) >= 11 is 6.18. The van der Waals surface area contributed by atoms with Gasteiger partial charge in [-0.2, -0.15) is 0 Å². The molecule has 0 bridgehead atoms. The predicted octanol–water partition coefficient (Wildman–Crippen LogP) is 3.49. The summed E-state index contributed by atoms with van der Waals surface area (Å²) in [5.41, 5.74) is 3.59. The highest BCUT2D eigenvalue weighted by molar-refractivity contribution is 6.31. The van der Waals surface area contributed by atoms with Crippen molar-refractivity contribution in [1.29, 1.82) is 0 Å². The molecule has 1 heterocycles. The molecule has 0 saturated carbocycles. The molecule has 3 rings (SSSR count). The van der Waals surface area contributed by atoms with E-state index in [0.717, 1.165) is 28.4 Å². The molecule has 0 saturated heterocycles. The average molecular weight is 328 g/mol. The van der Waals surface area contributed by atoms with Crippen LogP contribution in [0.25, 0.3) is 0 Å². The zero-order valence-electron chi connectivity index (χ0n) is 13.1. The van der Waals surface area contributed by atoms with Crippen molar-refractivity contribution in [2.75, 3.05) is 13.6 Å². The van der Waals surface area contributed by atoms with Crippen LogP contribution in [0.1, 0.15) is 18.1 Å². The third-order valence-corrected chi connectivity index (χ3v) is 4.09. The van der Waals surface area contributed by atoms with Gasteiger partial charge in [-0.3, -0.25) is 4.99 Å². The summed E-state index contributed by atoms with van der Waals surface area (Å²) in [6.07, 6.45) is -0.627. The van der Waals surface area contributed by atoms with E-state index in [4.69, 9.17) is 16.6 Å². The number of nitrogens with zero attached hydrogens (tertiary/aromatic N) is 3. The highest BCUT2D eigenvalue weighted by Crippen LogP contribution is 2.28. The van der Waals surface area contributed by atoms with Gasteiger partial charge < -0.3 is 10.0 Å². The maximum atomic E-state index is 9.82. The van der Waals surface area contributed by atoms with Crippen molar-refractivity contribution < 1.29 is 5.11 Å². The molecule has 2 aromatic carbocycles. The molecule has 0 radical (unpaired) electrons. The molecule has 118 valence electrons. The Kier molecular flexibility index (Phi) is 4.46. The molecule has 0 aliphatic carbocycles. The molecule has 1 aliphatic heterocycles. The van der Waals surface area contributed by atoms with Crippen LogP contribution in [-0.2, 0) is 0 Å². The number of halogens is 1. The Balaban J connectivity index is 2.14. The molecule has 1 N–H and O–H groups in total. The van der Waals surface area contributed by atoms with Gasteiger partial charge in [0.2, 0.25) is 0 Å². The lowest BCUT2D eigenvalue weighted by Gasteiger charge is -2.22. The van der Waals surface area contributed by atoms with Gasteiger partial charge in [0.15, 0.2) is 0 Å². The average Bonchev–Trinajstić information content (AvgIpc) is 2.74. The number of aliphatic imine (C=N–C) groups is 2. The number of aliphatic hydroxyl groups is 1. The Labute approximate surface area is 140 Å². The molecule has 0 fully saturated rings. The van der Waals surface area contributed by atoms with E-state index in [1.165, 1.54) is 0 Å². The van der Waals surface area contributed by atoms with Crippen molar-refractivity contribution in [3.63, 3.8) is 0 Å². The summed E-state index contributed by atoms with van der Waals surface area (Å²) < 4.78 is 0. The molecule has 4 nitrogen and oxygen atoms in total. The smallest absolute Gasteiger partial charge is 0.128 e. The number of aliphatic hydroxyl groups excluding tert-OH is 1. The van der Waals surface area contributed by atoms with Crippen LogP contribution in [0.15, 0.2) is 58.5 Å². The zero-order chi connectivity index (χ0) is 16.4. The summed E-state index contributed by atoms with van der Waals surface area (Å²) in [6.45, 7) is 2.11. The SMILES string of the molecule is CC(O)N(C)C1=Nc2ccc(Cl)cc2C(c2ccccc2)=NC1. The molecular formula is C18H18ClN3O. The molecule has 0 amide bonds. The predicted molar refractivity (Wildman–Crippen MR) is 94.9 cm³/mol. The molecule has 0 aromatic heterocycles. The summed E-state index contributed by atoms with van der Waals surface area (Å²) in [7, 11) is 1.81. The Bertz CT molecular complexity index is 769. The monoisotopic (exact) mass is 327 g/mol. The topological polar surface area (TPSA) is 48.2 Å². The summed E-state index contributed by atoms with van der Waals surface area (Å²) in [5.74, 6) is 0.717. The number of benzene rings is 2. The Morgan fingerprint density at radius 3 is 2.61 bits per heavy atom. The van der Waals surface area contributed by atoms with Gasteiger partial charge >= 0.3 is 0 Å². The van der Waals surface area contributed by atoms with Gasteiger partial charge in [0.05, 0.1) is 17.9 Å². The number of rotatable bonds is 2. The van der Waals surface area contributed by atoms with Crippen LogP contribution in [0.2, 0.25) is 5.02 Å². The molecule has 1 aliphatic rings. The second-order valence-corrected chi connectivity index (χ2v) is 5.90. The van der Waals surface area contributed by atoms with Crippen LogP contribution in [-0.4, -0.2) is 41.4 Å². The molecular weight excluding hydrogens is 310 g/mol. The highest BCUT2D eigenvalue weighted by atomic mass is 35.5. The summed E-state index contributed by atoms with van der Waals surface area (Å²) in [4.78, 5) is 11.1. The Morgan fingerprint density at radius 1 is 1.17 bits per heavy atom. The lowest BCUT2D eigenvalue weighted by atomic mass is 10.0. The van der Waals surface area contributed by atoms with E-state index in [9.17, 15) is 5.11 Å². The van der Waals surface area contributed by atoms with E-state index in [-0.39, 0.29) is 0 Å². The fourth-order valence-electron chi connectivity index (χ4n) is 2.45. The number of fused-ring (bicyclic) bond motifs is 1. The minimum absolute atomic E-state index is 0.401. The largest absolute Gasteiger partial charge is 0.374 e. The lowest BCUT2D eigenvalue weighted by molar-refractivity contribution is 0.0870. The lowest BCUT2D eigenvalue weighted by Crippen LogP contribution is -2.36. The van der Waals surface area contributed by atoms with Gasteiger partial charge in [0, 0.05) is 23.2 Å². The second kappa shape index (κ2) is 6.52. The number of hydrogen-bond donors (Lipinski definition) is 1. The van der Waals surface area contributed by atoms with Crippen molar-refractivity contribution in [1.82, 2.24) is 4.90 Å². The van der Waals surface area contributed by atoms with Crippen LogP contribution in [0.5, 0.6) is 0 Å². The summed E-state index contributed by atoms with van der Waals surface area (Å²) in [6, 6.07) is 15.6. The van der Waals surface area contributed by atoms with E-state index < -0.39 is 6.23 Å². The van der Waals surface area contributed by atoms with Gasteiger partial charge in [-0.1, -0.05) is 41.9 Å². The summed E-state index contributed by atoms with van der Waals surface area (Å²) in [5, 5.41) is 10.5. The van der Waals surface area contributed by atoms with Crippen LogP contribution in [0, 0.1) is 0 Å². The molecule has 0 spiro atoms. The Morgan fingerprint density at radius 2 is 1.91 bits per heavy atom. The van der Waals surface area contributed by atoms with Gasteiger partial charge in [-0.25, -0.2) is 4.99 Å². The van der Waals surface area contributed by atoms with E-state index in [1.54, 1.807) is 11.8 Å². The first-order valence-electron chi connectivity index (χ1n) is 7.44. The number of hydrogen-bond acceptors (Lipinski definition) is 4. The zero-order valence-corrected chi connectivity index (χ0v) is 13.8. The second-order valence-electron chi connectivity index (χ2n) is 5.46. The Hall–Kier alpha value is -2.17. The van der Waals surface area contributed by atoms with Gasteiger partial charge in [0.1, 0.15) is 12.1 Å². The minimum atomic E-state index is -0.627. The number of likely N-dealkylation sites (N-methyl/N-ethyl adjacent to an activating group) is 1. The van der Waals surface area contributed by atoms with Crippen LogP contribution in [0.3, 0.4) is 0 Å². The maximum absolute atomic E-state index is 9.82. The van der Waals surface area contributed by atoms with E-state index in [1.807, 2.05) is 55.6 Å². The minimum Gasteiger partial charge on any atom is -0.374 e. The molecule has 23 heavy (non-hydrogen) atoms. The van der Waals surface area contributed by atoms with Crippen molar-refractivity contribution in [2.45, 2.75) is 13.2 Å². The van der Waals surface area contributed by atoms with Crippen LogP contribution >= 0.6 is 11.6 Å². The normalized spacial score (nSPS) is 15.1. The molecule has 1 atom stereocenters. The van der Waals surface area contributed by atoms with Crippen molar-refractivity contribution in [3.8, 4) is 0 Å². The first-order valence-corrected chi connectivity index (χ1v) is 7.82. The molecule has 2 aromatic rings. The maximum Gasteiger partial charge on any atom is 0.128 e. The van der Waals surface area contributed by atoms with Gasteiger partial charge in [-0.15, -0.1) is 0 Å². The van der Waals surface area contributed by atoms with Crippen LogP contribution < -0.4 is 0 Å². The van der Waals surface area contributed by atoms with E-state index in [2.05, 4.69) is 4.99 Å². The fourth-order valence-corrected chi connectivity index (χ4v) is 2.63. The van der Waals surface area contributed by atoms with E-state index >= 15 is 0 Å². The third kappa shape index (κ3) is 3.28. The molecule has 1 unspecified atom stereocenters. The van der Waals surface area contributed by atoms with Crippen LogP contribution in [0.4, 0.5) is 5.69 Å². The molecule has 5 heteroatoms. The number of amidine groups is 1. The first-order chi connectivity index (χ1) is 11.1.